The molecule has 2 fully saturated rings. The molecule has 0 aromatic carbocycles. The van der Waals surface area contributed by atoms with Gasteiger partial charge < -0.3 is 5.11 Å². The number of fused-ring (bicyclic) bond motifs is 5. The molecule has 0 amide bonds. The molecule has 2 bridgehead atoms. The first kappa shape index (κ1) is 6.24. The Kier molecular flexibility index (Phi) is 1.07. The molecule has 1 nitrogen and oxygen atoms in total. The third-order valence-electron chi connectivity index (χ3n) is 3.93. The van der Waals surface area contributed by atoms with Gasteiger partial charge in [-0.15, -0.1) is 0 Å². The molecule has 0 heterocycles. The smallest absolute Gasteiger partial charge is 0.0577 e. The van der Waals surface area contributed by atoms with Gasteiger partial charge in [-0.25, -0.2) is 0 Å². The normalized spacial score (nSPS) is 58.8. The lowest BCUT2D eigenvalue weighted by Gasteiger charge is -2.22. The van der Waals surface area contributed by atoms with Crippen molar-refractivity contribution in [2.45, 2.75) is 25.4 Å². The average Bonchev–Trinajstić information content (AvgIpc) is 2.60. The van der Waals surface area contributed by atoms with E-state index in [1.165, 1.54) is 12.8 Å². The van der Waals surface area contributed by atoms with Crippen LogP contribution < -0.4 is 0 Å². The number of aliphatic hydroxyl groups is 1. The Morgan fingerprint density at radius 3 is 2.73 bits per heavy atom. The van der Waals surface area contributed by atoms with Gasteiger partial charge >= 0.3 is 0 Å². The van der Waals surface area contributed by atoms with Crippen LogP contribution in [0.15, 0.2) is 12.2 Å². The summed E-state index contributed by atoms with van der Waals surface area (Å²) in [7, 11) is 0. The molecule has 3 aliphatic rings. The van der Waals surface area contributed by atoms with Gasteiger partial charge in [0.25, 0.3) is 0 Å². The van der Waals surface area contributed by atoms with E-state index in [0.717, 1.165) is 24.2 Å². The average molecular weight is 150 g/mol. The van der Waals surface area contributed by atoms with Gasteiger partial charge in [-0.2, -0.15) is 0 Å². The van der Waals surface area contributed by atoms with E-state index in [1.54, 1.807) is 0 Å². The third-order valence-corrected chi connectivity index (χ3v) is 3.93. The fraction of sp³-hybridized carbons (Fsp3) is 0.800. The van der Waals surface area contributed by atoms with Crippen LogP contribution in [-0.2, 0) is 0 Å². The molecule has 1 N–H and O–H groups in total. The lowest BCUT2D eigenvalue weighted by Crippen LogP contribution is -2.22. The first-order valence-electron chi connectivity index (χ1n) is 4.72. The second-order valence-electron chi connectivity index (χ2n) is 4.33. The van der Waals surface area contributed by atoms with Crippen molar-refractivity contribution in [2.24, 2.45) is 23.7 Å². The number of hydrogen-bond acceptors (Lipinski definition) is 1. The monoisotopic (exact) mass is 150 g/mol. The maximum Gasteiger partial charge on any atom is 0.0577 e. The first-order valence-corrected chi connectivity index (χ1v) is 4.72. The van der Waals surface area contributed by atoms with Crippen molar-refractivity contribution in [1.29, 1.82) is 0 Å². The molecule has 0 spiro atoms. The fourth-order valence-corrected chi connectivity index (χ4v) is 3.50. The SMILES string of the molecule is O[C@H]1CC[C@H]2[C@@H]1[C@@H]1C=C[C@H]2C1. The Bertz CT molecular complexity index is 209. The molecule has 0 radical (unpaired) electrons. The Morgan fingerprint density at radius 1 is 1.09 bits per heavy atom. The molecular formula is C10H14O. The van der Waals surface area contributed by atoms with Crippen molar-refractivity contribution in [1.82, 2.24) is 0 Å². The van der Waals surface area contributed by atoms with Gasteiger partial charge in [-0.05, 0) is 42.9 Å². The van der Waals surface area contributed by atoms with Crippen LogP contribution in [0.4, 0.5) is 0 Å². The van der Waals surface area contributed by atoms with Gasteiger partial charge in [0.2, 0.25) is 0 Å². The zero-order chi connectivity index (χ0) is 7.42. The van der Waals surface area contributed by atoms with Crippen molar-refractivity contribution in [2.75, 3.05) is 0 Å². The van der Waals surface area contributed by atoms with Crippen LogP contribution in [0, 0.1) is 23.7 Å². The highest BCUT2D eigenvalue weighted by molar-refractivity contribution is 5.16. The molecule has 11 heavy (non-hydrogen) atoms. The van der Waals surface area contributed by atoms with Crippen LogP contribution in [0.1, 0.15) is 19.3 Å². The Morgan fingerprint density at radius 2 is 1.91 bits per heavy atom. The zero-order valence-corrected chi connectivity index (χ0v) is 6.61. The number of allylic oxidation sites excluding steroid dienone is 2. The topological polar surface area (TPSA) is 20.2 Å². The largest absolute Gasteiger partial charge is 0.393 e. The summed E-state index contributed by atoms with van der Waals surface area (Å²) in [5, 5.41) is 9.69. The first-order chi connectivity index (χ1) is 5.36. The summed E-state index contributed by atoms with van der Waals surface area (Å²) in [5.41, 5.74) is 0. The third kappa shape index (κ3) is 0.652. The van der Waals surface area contributed by atoms with E-state index in [2.05, 4.69) is 12.2 Å². The van der Waals surface area contributed by atoms with Gasteiger partial charge in [-0.1, -0.05) is 12.2 Å². The molecule has 0 aromatic rings. The van der Waals surface area contributed by atoms with Crippen molar-refractivity contribution in [3.63, 3.8) is 0 Å². The molecule has 60 valence electrons. The van der Waals surface area contributed by atoms with E-state index < -0.39 is 0 Å². The second kappa shape index (κ2) is 1.89. The van der Waals surface area contributed by atoms with Crippen LogP contribution in [0.5, 0.6) is 0 Å². The molecule has 3 rings (SSSR count). The zero-order valence-electron chi connectivity index (χ0n) is 6.61. The van der Waals surface area contributed by atoms with Gasteiger partial charge in [0.1, 0.15) is 0 Å². The molecule has 0 aromatic heterocycles. The predicted molar refractivity (Wildman–Crippen MR) is 43.0 cm³/mol. The molecule has 1 heteroatoms. The van der Waals surface area contributed by atoms with Gasteiger partial charge in [0, 0.05) is 0 Å². The van der Waals surface area contributed by atoms with Crippen molar-refractivity contribution >= 4 is 0 Å². The minimum absolute atomic E-state index is 0.0277. The summed E-state index contributed by atoms with van der Waals surface area (Å²) in [5.74, 6) is 3.06. The van der Waals surface area contributed by atoms with Gasteiger partial charge in [0.05, 0.1) is 6.10 Å². The van der Waals surface area contributed by atoms with E-state index >= 15 is 0 Å². The van der Waals surface area contributed by atoms with E-state index in [4.69, 9.17) is 0 Å². The molecule has 0 saturated heterocycles. The summed E-state index contributed by atoms with van der Waals surface area (Å²) in [6.07, 6.45) is 8.41. The summed E-state index contributed by atoms with van der Waals surface area (Å²) >= 11 is 0. The van der Waals surface area contributed by atoms with E-state index in [-0.39, 0.29) is 6.10 Å². The van der Waals surface area contributed by atoms with Gasteiger partial charge in [0.15, 0.2) is 0 Å². The summed E-state index contributed by atoms with van der Waals surface area (Å²) in [6, 6.07) is 0. The van der Waals surface area contributed by atoms with Crippen LogP contribution >= 0.6 is 0 Å². The Hall–Kier alpha value is -0.300. The summed E-state index contributed by atoms with van der Waals surface area (Å²) in [4.78, 5) is 0. The highest BCUT2D eigenvalue weighted by Gasteiger charge is 2.50. The number of hydrogen-bond donors (Lipinski definition) is 1. The maximum atomic E-state index is 9.69. The van der Waals surface area contributed by atoms with Crippen molar-refractivity contribution in [3.05, 3.63) is 12.2 Å². The van der Waals surface area contributed by atoms with Crippen LogP contribution in [-0.4, -0.2) is 11.2 Å². The summed E-state index contributed by atoms with van der Waals surface area (Å²) in [6.45, 7) is 0. The summed E-state index contributed by atoms with van der Waals surface area (Å²) < 4.78 is 0. The standard InChI is InChI=1S/C10H14O/c11-9-4-3-8-6-1-2-7(5-6)10(8)9/h1-2,6-11H,3-5H2/t6-,7+,8+,9-,10-/m0/s1. The Labute approximate surface area is 67.1 Å². The second-order valence-corrected chi connectivity index (χ2v) is 4.33. The fourth-order valence-electron chi connectivity index (χ4n) is 3.50. The molecule has 5 atom stereocenters. The van der Waals surface area contributed by atoms with Crippen molar-refractivity contribution < 1.29 is 5.11 Å². The highest BCUT2D eigenvalue weighted by Crippen LogP contribution is 2.55. The predicted octanol–water partition coefficient (Wildman–Crippen LogP) is 1.58. The lowest BCUT2D eigenvalue weighted by atomic mass is 9.85. The molecule has 0 aliphatic heterocycles. The molecular weight excluding hydrogens is 136 g/mol. The van der Waals surface area contributed by atoms with Crippen LogP contribution in [0.25, 0.3) is 0 Å². The van der Waals surface area contributed by atoms with Crippen LogP contribution in [0.2, 0.25) is 0 Å². The number of aliphatic hydroxyl groups excluding tert-OH is 1. The maximum absolute atomic E-state index is 9.69. The minimum Gasteiger partial charge on any atom is -0.393 e. The van der Waals surface area contributed by atoms with E-state index in [0.29, 0.717) is 5.92 Å². The quantitative estimate of drug-likeness (QED) is 0.520. The molecule has 3 aliphatic carbocycles. The highest BCUT2D eigenvalue weighted by atomic mass is 16.3. The van der Waals surface area contributed by atoms with E-state index in [1.807, 2.05) is 0 Å². The van der Waals surface area contributed by atoms with Crippen molar-refractivity contribution in [3.8, 4) is 0 Å². The molecule has 2 saturated carbocycles. The Balaban J connectivity index is 1.97. The van der Waals surface area contributed by atoms with Crippen LogP contribution in [0.3, 0.4) is 0 Å². The van der Waals surface area contributed by atoms with E-state index in [9.17, 15) is 5.11 Å². The molecule has 0 unspecified atom stereocenters. The minimum atomic E-state index is 0.0277. The van der Waals surface area contributed by atoms with Gasteiger partial charge in [-0.3, -0.25) is 0 Å². The lowest BCUT2D eigenvalue weighted by molar-refractivity contribution is 0.108. The number of rotatable bonds is 0.